The molecule has 2 aromatic heterocycles. The lowest BCUT2D eigenvalue weighted by Gasteiger charge is -2.43. The maximum absolute atomic E-state index is 13.9. The second-order valence-corrected chi connectivity index (χ2v) is 15.4. The van der Waals surface area contributed by atoms with E-state index in [0.29, 0.717) is 11.0 Å². The van der Waals surface area contributed by atoms with Crippen LogP contribution in [0.4, 0.5) is 0 Å². The molecule has 0 amide bonds. The molecule has 0 aliphatic heterocycles. The standard InChI is InChI=1S/C34H28N2O2Si/c1-34(2,3)39(23-13-6-4-7-14-23,24-15-8-5-9-16-24)38-30-22-21-26-31-25(30)17-12-18-27(31)33(37)36-29-20-11-10-19-28(29)35-32(26)36/h4-22H,1-3H3. The SMILES string of the molecule is CC(C)(C)[Si](Oc1ccc2c3c1cccc3c(=O)n1c3ccccc3nc21)(c1ccccc1)c1ccccc1. The summed E-state index contributed by atoms with van der Waals surface area (Å²) < 4.78 is 9.16. The lowest BCUT2D eigenvalue weighted by molar-refractivity contribution is 0.513. The summed E-state index contributed by atoms with van der Waals surface area (Å²) in [7, 11) is -2.86. The molecule has 4 nitrogen and oxygen atoms in total. The van der Waals surface area contributed by atoms with Crippen molar-refractivity contribution >= 4 is 56.9 Å². The van der Waals surface area contributed by atoms with Gasteiger partial charge in [-0.15, -0.1) is 0 Å². The fourth-order valence-electron chi connectivity index (χ4n) is 6.18. The van der Waals surface area contributed by atoms with Crippen molar-refractivity contribution in [2.45, 2.75) is 25.8 Å². The number of para-hydroxylation sites is 2. The van der Waals surface area contributed by atoms with Crippen molar-refractivity contribution < 1.29 is 4.43 Å². The summed E-state index contributed by atoms with van der Waals surface area (Å²) in [5.74, 6) is 0.794. The van der Waals surface area contributed by atoms with Crippen molar-refractivity contribution in [2.24, 2.45) is 0 Å². The van der Waals surface area contributed by atoms with Gasteiger partial charge in [-0.05, 0) is 45.7 Å². The Morgan fingerprint density at radius 2 is 1.28 bits per heavy atom. The van der Waals surface area contributed by atoms with Crippen LogP contribution in [0.5, 0.6) is 5.75 Å². The van der Waals surface area contributed by atoms with E-state index in [1.54, 1.807) is 4.40 Å². The molecule has 5 aromatic carbocycles. The molecular weight excluding hydrogens is 496 g/mol. The van der Waals surface area contributed by atoms with Gasteiger partial charge in [-0.1, -0.05) is 106 Å². The Bertz CT molecular complexity index is 2000. The molecule has 0 atom stereocenters. The number of hydrogen-bond donors (Lipinski definition) is 0. The lowest BCUT2D eigenvalue weighted by atomic mass is 10.0. The molecule has 0 unspecified atom stereocenters. The maximum atomic E-state index is 13.9. The Labute approximate surface area is 227 Å². The molecule has 0 aliphatic carbocycles. The van der Waals surface area contributed by atoms with Crippen molar-refractivity contribution in [3.63, 3.8) is 0 Å². The van der Waals surface area contributed by atoms with Crippen LogP contribution in [-0.2, 0) is 0 Å². The van der Waals surface area contributed by atoms with Gasteiger partial charge in [-0.3, -0.25) is 9.20 Å². The Kier molecular flexibility index (Phi) is 5.16. The van der Waals surface area contributed by atoms with Gasteiger partial charge in [0.25, 0.3) is 5.56 Å². The largest absolute Gasteiger partial charge is 0.534 e. The van der Waals surface area contributed by atoms with E-state index in [9.17, 15) is 4.79 Å². The predicted molar refractivity (Wildman–Crippen MR) is 163 cm³/mol. The first-order chi connectivity index (χ1) is 18.9. The molecule has 0 saturated heterocycles. The molecule has 39 heavy (non-hydrogen) atoms. The summed E-state index contributed by atoms with van der Waals surface area (Å²) in [4.78, 5) is 18.7. The van der Waals surface area contributed by atoms with Crippen molar-refractivity contribution in [1.82, 2.24) is 9.38 Å². The number of nitrogens with zero attached hydrogens (tertiary/aromatic N) is 2. The third kappa shape index (κ3) is 3.36. The van der Waals surface area contributed by atoms with E-state index in [1.165, 1.54) is 10.4 Å². The summed E-state index contributed by atoms with van der Waals surface area (Å²) in [6.07, 6.45) is 0. The van der Waals surface area contributed by atoms with Crippen molar-refractivity contribution in [1.29, 1.82) is 0 Å². The van der Waals surface area contributed by atoms with Gasteiger partial charge in [-0.2, -0.15) is 0 Å². The van der Waals surface area contributed by atoms with Crippen LogP contribution in [-0.4, -0.2) is 17.7 Å². The smallest absolute Gasteiger partial charge is 0.319 e. The molecule has 0 spiro atoms. The number of benzene rings is 5. The van der Waals surface area contributed by atoms with E-state index >= 15 is 0 Å². The minimum atomic E-state index is -2.86. The summed E-state index contributed by atoms with van der Waals surface area (Å²) in [6.45, 7) is 6.82. The molecule has 0 radical (unpaired) electrons. The fraction of sp³-hybridized carbons (Fsp3) is 0.118. The highest BCUT2D eigenvalue weighted by Gasteiger charge is 2.52. The van der Waals surface area contributed by atoms with Crippen LogP contribution < -0.4 is 20.4 Å². The zero-order valence-corrected chi connectivity index (χ0v) is 23.2. The summed E-state index contributed by atoms with van der Waals surface area (Å²) >= 11 is 0. The Balaban J connectivity index is 1.55. The average molecular weight is 525 g/mol. The normalized spacial score (nSPS) is 12.6. The zero-order chi connectivity index (χ0) is 26.8. The van der Waals surface area contributed by atoms with Crippen LogP contribution in [0.1, 0.15) is 20.8 Å². The summed E-state index contributed by atoms with van der Waals surface area (Å²) in [6, 6.07) is 39.2. The zero-order valence-electron chi connectivity index (χ0n) is 22.2. The number of fused-ring (bicyclic) bond motifs is 4. The van der Waals surface area contributed by atoms with Crippen molar-refractivity contribution in [2.75, 3.05) is 0 Å². The second kappa shape index (κ2) is 8.51. The van der Waals surface area contributed by atoms with E-state index in [-0.39, 0.29) is 10.6 Å². The summed E-state index contributed by atoms with van der Waals surface area (Å²) in [5.41, 5.74) is 2.27. The monoisotopic (exact) mass is 524 g/mol. The van der Waals surface area contributed by atoms with Crippen LogP contribution in [0.3, 0.4) is 0 Å². The first-order valence-corrected chi connectivity index (χ1v) is 15.2. The van der Waals surface area contributed by atoms with Gasteiger partial charge in [0.05, 0.1) is 11.0 Å². The van der Waals surface area contributed by atoms with Gasteiger partial charge in [0, 0.05) is 21.5 Å². The van der Waals surface area contributed by atoms with Gasteiger partial charge in [-0.25, -0.2) is 4.98 Å². The maximum Gasteiger partial charge on any atom is 0.319 e. The topological polar surface area (TPSA) is 43.6 Å². The summed E-state index contributed by atoms with van der Waals surface area (Å²) in [5, 5.41) is 5.70. The van der Waals surface area contributed by atoms with Gasteiger partial charge < -0.3 is 4.43 Å². The molecule has 0 N–H and O–H groups in total. The molecule has 190 valence electrons. The predicted octanol–water partition coefficient (Wildman–Crippen LogP) is 6.53. The first-order valence-electron chi connectivity index (χ1n) is 13.3. The molecule has 7 rings (SSSR count). The first kappa shape index (κ1) is 23.6. The molecule has 0 bridgehead atoms. The van der Waals surface area contributed by atoms with Gasteiger partial charge in [0.15, 0.2) is 0 Å². The Morgan fingerprint density at radius 3 is 1.95 bits per heavy atom. The number of hydrogen-bond acceptors (Lipinski definition) is 3. The molecule has 7 aromatic rings. The van der Waals surface area contributed by atoms with E-state index in [4.69, 9.17) is 9.41 Å². The molecule has 0 aliphatic rings. The third-order valence-corrected chi connectivity index (χ3v) is 12.8. The van der Waals surface area contributed by atoms with Gasteiger partial charge in [0.2, 0.25) is 0 Å². The number of rotatable bonds is 4. The quantitative estimate of drug-likeness (QED) is 0.246. The molecular formula is C34H28N2O2Si. The molecule has 2 heterocycles. The fourth-order valence-corrected chi connectivity index (χ4v) is 10.6. The van der Waals surface area contributed by atoms with Gasteiger partial charge >= 0.3 is 8.32 Å². The Hall–Kier alpha value is -4.48. The van der Waals surface area contributed by atoms with Crippen LogP contribution in [0.2, 0.25) is 5.04 Å². The minimum absolute atomic E-state index is 0.0561. The van der Waals surface area contributed by atoms with E-state index in [0.717, 1.165) is 32.9 Å². The van der Waals surface area contributed by atoms with Crippen LogP contribution in [0.15, 0.2) is 120 Å². The molecule has 0 fully saturated rings. The van der Waals surface area contributed by atoms with Crippen LogP contribution >= 0.6 is 0 Å². The minimum Gasteiger partial charge on any atom is -0.534 e. The highest BCUT2D eigenvalue weighted by atomic mass is 28.4. The van der Waals surface area contributed by atoms with Crippen LogP contribution in [0.25, 0.3) is 38.2 Å². The van der Waals surface area contributed by atoms with Crippen LogP contribution in [0, 0.1) is 0 Å². The van der Waals surface area contributed by atoms with Gasteiger partial charge in [0.1, 0.15) is 11.4 Å². The molecule has 5 heteroatoms. The highest BCUT2D eigenvalue weighted by Crippen LogP contribution is 2.41. The number of imidazole rings is 1. The lowest BCUT2D eigenvalue weighted by Crippen LogP contribution is -2.68. The Morgan fingerprint density at radius 1 is 0.667 bits per heavy atom. The van der Waals surface area contributed by atoms with E-state index in [2.05, 4.69) is 99.6 Å². The number of aromatic nitrogens is 2. The van der Waals surface area contributed by atoms with Crippen molar-refractivity contribution in [3.8, 4) is 5.75 Å². The van der Waals surface area contributed by atoms with Crippen molar-refractivity contribution in [3.05, 3.63) is 126 Å². The second-order valence-electron chi connectivity index (χ2n) is 11.2. The van der Waals surface area contributed by atoms with E-state index in [1.807, 2.05) is 36.4 Å². The van der Waals surface area contributed by atoms with E-state index < -0.39 is 8.32 Å². The highest BCUT2D eigenvalue weighted by molar-refractivity contribution is 7.00. The molecule has 0 saturated carbocycles. The number of pyridine rings is 1. The average Bonchev–Trinajstić information content (AvgIpc) is 3.35. The third-order valence-electron chi connectivity index (χ3n) is 7.92.